The maximum Gasteiger partial charge on any atom is 0.318 e. The third-order valence-corrected chi connectivity index (χ3v) is 4.89. The highest BCUT2D eigenvalue weighted by Crippen LogP contribution is 2.22. The molecule has 1 saturated heterocycles. The summed E-state index contributed by atoms with van der Waals surface area (Å²) in [7, 11) is 0. The summed E-state index contributed by atoms with van der Waals surface area (Å²) in [6.45, 7) is 6.47. The first-order valence-corrected chi connectivity index (χ1v) is 8.90. The van der Waals surface area contributed by atoms with E-state index in [4.69, 9.17) is 0 Å². The van der Waals surface area contributed by atoms with E-state index in [9.17, 15) is 9.59 Å². The first kappa shape index (κ1) is 16.8. The summed E-state index contributed by atoms with van der Waals surface area (Å²) in [5.74, 6) is 0.0543. The molecule has 5 nitrogen and oxygen atoms in total. The Labute approximate surface area is 136 Å². The maximum atomic E-state index is 12.5. The summed E-state index contributed by atoms with van der Waals surface area (Å²) in [5.41, 5.74) is 0. The first-order valence-electron chi connectivity index (χ1n) is 8.02. The van der Waals surface area contributed by atoms with Crippen LogP contribution in [0.4, 0.5) is 4.79 Å². The number of thiophene rings is 1. The van der Waals surface area contributed by atoms with Gasteiger partial charge in [0.05, 0.1) is 6.04 Å². The normalized spacial score (nSPS) is 17.3. The van der Waals surface area contributed by atoms with Crippen LogP contribution in [-0.4, -0.2) is 47.9 Å². The van der Waals surface area contributed by atoms with Crippen molar-refractivity contribution >= 4 is 23.3 Å². The molecule has 3 amide bonds. The van der Waals surface area contributed by atoms with Gasteiger partial charge in [-0.1, -0.05) is 19.9 Å². The number of hydrogen-bond acceptors (Lipinski definition) is 3. The Hall–Kier alpha value is -1.56. The van der Waals surface area contributed by atoms with Crippen LogP contribution < -0.4 is 5.32 Å². The third kappa shape index (κ3) is 4.22. The number of nitrogens with one attached hydrogen (secondary N) is 1. The molecule has 1 fully saturated rings. The lowest BCUT2D eigenvalue weighted by Gasteiger charge is -2.24. The Morgan fingerprint density at radius 3 is 2.86 bits per heavy atom. The van der Waals surface area contributed by atoms with Gasteiger partial charge in [-0.2, -0.15) is 0 Å². The van der Waals surface area contributed by atoms with Crippen molar-refractivity contribution in [2.75, 3.05) is 26.2 Å². The van der Waals surface area contributed by atoms with Crippen LogP contribution in [0.2, 0.25) is 0 Å². The number of urea groups is 1. The van der Waals surface area contributed by atoms with Gasteiger partial charge in [0.1, 0.15) is 6.54 Å². The number of carbonyl (C=O) groups excluding carboxylic acids is 2. The average Bonchev–Trinajstić information content (AvgIpc) is 2.98. The third-order valence-electron chi connectivity index (χ3n) is 3.91. The Balaban J connectivity index is 1.95. The van der Waals surface area contributed by atoms with Gasteiger partial charge in [-0.15, -0.1) is 11.3 Å². The number of nitrogens with zero attached hydrogens (tertiary/aromatic N) is 2. The Morgan fingerprint density at radius 1 is 1.41 bits per heavy atom. The van der Waals surface area contributed by atoms with Crippen LogP contribution in [0.3, 0.4) is 0 Å². The Kier molecular flexibility index (Phi) is 6.24. The SMILES string of the molecule is CCCN1CCCN(C(=O)N[C@@H](CC)c2cccs2)CC1=O. The minimum atomic E-state index is -0.132. The molecule has 122 valence electrons. The molecule has 0 aliphatic carbocycles. The van der Waals surface area contributed by atoms with Gasteiger partial charge in [0, 0.05) is 24.5 Å². The summed E-state index contributed by atoms with van der Waals surface area (Å²) in [4.78, 5) is 29.4. The van der Waals surface area contributed by atoms with Crippen molar-refractivity contribution in [1.29, 1.82) is 0 Å². The molecule has 22 heavy (non-hydrogen) atoms. The van der Waals surface area contributed by atoms with Gasteiger partial charge < -0.3 is 15.1 Å². The molecule has 0 radical (unpaired) electrons. The number of rotatable bonds is 5. The standard InChI is InChI=1S/C16H25N3O2S/c1-3-8-18-9-6-10-19(12-15(18)20)16(21)17-13(4-2)14-7-5-11-22-14/h5,7,11,13H,3-4,6,8-10,12H2,1-2H3,(H,17,21)/t13-/m0/s1. The molecule has 1 atom stereocenters. The van der Waals surface area contributed by atoms with Crippen LogP contribution >= 0.6 is 11.3 Å². The van der Waals surface area contributed by atoms with Gasteiger partial charge in [-0.05, 0) is 30.7 Å². The van der Waals surface area contributed by atoms with Crippen molar-refractivity contribution in [2.45, 2.75) is 39.2 Å². The van der Waals surface area contributed by atoms with E-state index in [-0.39, 0.29) is 24.5 Å². The van der Waals surface area contributed by atoms with Crippen LogP contribution in [0.25, 0.3) is 0 Å². The minimum absolute atomic E-state index is 0.0256. The second kappa shape index (κ2) is 8.17. The van der Waals surface area contributed by atoms with E-state index in [1.165, 1.54) is 0 Å². The molecular formula is C16H25N3O2S. The van der Waals surface area contributed by atoms with E-state index in [1.54, 1.807) is 16.2 Å². The Morgan fingerprint density at radius 2 is 2.23 bits per heavy atom. The molecule has 1 aliphatic rings. The summed E-state index contributed by atoms with van der Waals surface area (Å²) >= 11 is 1.65. The first-order chi connectivity index (χ1) is 10.7. The highest BCUT2D eigenvalue weighted by atomic mass is 32.1. The van der Waals surface area contributed by atoms with Crippen molar-refractivity contribution in [3.05, 3.63) is 22.4 Å². The van der Waals surface area contributed by atoms with Gasteiger partial charge in [-0.3, -0.25) is 4.79 Å². The van der Waals surface area contributed by atoms with Gasteiger partial charge >= 0.3 is 6.03 Å². The molecule has 0 unspecified atom stereocenters. The Bertz CT molecular complexity index is 490. The molecule has 1 N–H and O–H groups in total. The molecule has 2 rings (SSSR count). The molecular weight excluding hydrogens is 298 g/mol. The number of hydrogen-bond donors (Lipinski definition) is 1. The lowest BCUT2D eigenvalue weighted by atomic mass is 10.2. The number of amides is 3. The van der Waals surface area contributed by atoms with Crippen LogP contribution in [0.5, 0.6) is 0 Å². The van der Waals surface area contributed by atoms with Crippen molar-refractivity contribution in [2.24, 2.45) is 0 Å². The maximum absolute atomic E-state index is 12.5. The van der Waals surface area contributed by atoms with E-state index in [0.717, 1.165) is 37.2 Å². The predicted molar refractivity (Wildman–Crippen MR) is 88.9 cm³/mol. The largest absolute Gasteiger partial charge is 0.341 e. The minimum Gasteiger partial charge on any atom is -0.341 e. The molecule has 0 bridgehead atoms. The topological polar surface area (TPSA) is 52.6 Å². The molecule has 0 saturated carbocycles. The highest BCUT2D eigenvalue weighted by molar-refractivity contribution is 7.10. The van der Waals surface area contributed by atoms with E-state index in [2.05, 4.69) is 19.2 Å². The van der Waals surface area contributed by atoms with Gasteiger partial charge in [0.25, 0.3) is 0 Å². The summed E-state index contributed by atoms with van der Waals surface area (Å²) < 4.78 is 0. The van der Waals surface area contributed by atoms with Crippen molar-refractivity contribution in [1.82, 2.24) is 15.1 Å². The zero-order chi connectivity index (χ0) is 15.9. The fraction of sp³-hybridized carbons (Fsp3) is 0.625. The average molecular weight is 323 g/mol. The molecule has 1 aliphatic heterocycles. The van der Waals surface area contributed by atoms with E-state index in [1.807, 2.05) is 22.4 Å². The summed E-state index contributed by atoms with van der Waals surface area (Å²) in [5, 5.41) is 5.08. The van der Waals surface area contributed by atoms with E-state index in [0.29, 0.717) is 6.54 Å². The van der Waals surface area contributed by atoms with E-state index < -0.39 is 0 Å². The molecule has 0 aromatic carbocycles. The van der Waals surface area contributed by atoms with Crippen LogP contribution in [0.1, 0.15) is 44.0 Å². The van der Waals surface area contributed by atoms with Crippen molar-refractivity contribution < 1.29 is 9.59 Å². The van der Waals surface area contributed by atoms with Crippen LogP contribution in [-0.2, 0) is 4.79 Å². The van der Waals surface area contributed by atoms with Crippen LogP contribution in [0, 0.1) is 0 Å². The molecule has 1 aromatic rings. The summed E-state index contributed by atoms with van der Waals surface area (Å²) in [6.07, 6.45) is 2.64. The fourth-order valence-corrected chi connectivity index (χ4v) is 3.56. The van der Waals surface area contributed by atoms with Crippen LogP contribution in [0.15, 0.2) is 17.5 Å². The van der Waals surface area contributed by atoms with Crippen molar-refractivity contribution in [3.63, 3.8) is 0 Å². The molecule has 1 aromatic heterocycles. The second-order valence-corrected chi connectivity index (χ2v) is 6.56. The molecule has 6 heteroatoms. The lowest BCUT2D eigenvalue weighted by Crippen LogP contribution is -2.45. The second-order valence-electron chi connectivity index (χ2n) is 5.58. The van der Waals surface area contributed by atoms with Crippen molar-refractivity contribution in [3.8, 4) is 0 Å². The van der Waals surface area contributed by atoms with Gasteiger partial charge in [0.15, 0.2) is 0 Å². The van der Waals surface area contributed by atoms with Gasteiger partial charge in [-0.25, -0.2) is 4.79 Å². The lowest BCUT2D eigenvalue weighted by molar-refractivity contribution is -0.130. The van der Waals surface area contributed by atoms with E-state index >= 15 is 0 Å². The van der Waals surface area contributed by atoms with Gasteiger partial charge in [0.2, 0.25) is 5.91 Å². The smallest absolute Gasteiger partial charge is 0.318 e. The predicted octanol–water partition coefficient (Wildman–Crippen LogP) is 2.85. The highest BCUT2D eigenvalue weighted by Gasteiger charge is 2.25. The molecule has 0 spiro atoms. The fourth-order valence-electron chi connectivity index (χ4n) is 2.70. The summed E-state index contributed by atoms with van der Waals surface area (Å²) in [6, 6.07) is 3.92. The number of carbonyl (C=O) groups is 2. The zero-order valence-corrected chi connectivity index (χ0v) is 14.2. The molecule has 2 heterocycles. The quantitative estimate of drug-likeness (QED) is 0.906. The zero-order valence-electron chi connectivity index (χ0n) is 13.4. The monoisotopic (exact) mass is 323 g/mol.